The first-order valence-electron chi connectivity index (χ1n) is 12.2. The fourth-order valence-electron chi connectivity index (χ4n) is 4.61. The average Bonchev–Trinajstić information content (AvgIpc) is 2.81. The van der Waals surface area contributed by atoms with Crippen molar-refractivity contribution in [1.29, 1.82) is 0 Å². The Morgan fingerprint density at radius 3 is 2.29 bits per heavy atom. The number of sulfonamides is 1. The minimum absolute atomic E-state index is 0.120. The van der Waals surface area contributed by atoms with Gasteiger partial charge >= 0.3 is 0 Å². The van der Waals surface area contributed by atoms with Crippen molar-refractivity contribution >= 4 is 27.5 Å². The Kier molecular flexibility index (Phi) is 8.94. The molecule has 0 aromatic heterocycles. The van der Waals surface area contributed by atoms with Gasteiger partial charge in [-0.3, -0.25) is 13.9 Å². The third-order valence-corrected chi connectivity index (χ3v) is 7.74. The maximum atomic E-state index is 13.6. The van der Waals surface area contributed by atoms with Gasteiger partial charge in [-0.2, -0.15) is 0 Å². The summed E-state index contributed by atoms with van der Waals surface area (Å²) in [7, 11) is -3.74. The summed E-state index contributed by atoms with van der Waals surface area (Å²) in [6.45, 7) is 5.30. The van der Waals surface area contributed by atoms with E-state index >= 15 is 0 Å². The van der Waals surface area contributed by atoms with Gasteiger partial charge in [0.2, 0.25) is 21.8 Å². The molecule has 1 fully saturated rings. The summed E-state index contributed by atoms with van der Waals surface area (Å²) in [6, 6.07) is 14.2. The first-order chi connectivity index (χ1) is 16.6. The van der Waals surface area contributed by atoms with Crippen molar-refractivity contribution in [2.75, 3.05) is 17.1 Å². The summed E-state index contributed by atoms with van der Waals surface area (Å²) < 4.78 is 26.6. The quantitative estimate of drug-likeness (QED) is 0.566. The molecular formula is C27H37N3O4S. The summed E-state index contributed by atoms with van der Waals surface area (Å²) in [5.41, 5.74) is 3.10. The summed E-state index contributed by atoms with van der Waals surface area (Å²) in [6.07, 6.45) is 6.34. The molecule has 1 atom stereocenters. The molecule has 190 valence electrons. The highest BCUT2D eigenvalue weighted by Crippen LogP contribution is 2.24. The lowest BCUT2D eigenvalue weighted by atomic mass is 9.95. The maximum absolute atomic E-state index is 13.6. The summed E-state index contributed by atoms with van der Waals surface area (Å²) >= 11 is 0. The van der Waals surface area contributed by atoms with E-state index in [4.69, 9.17) is 0 Å². The van der Waals surface area contributed by atoms with Gasteiger partial charge in [0.05, 0.1) is 11.9 Å². The van der Waals surface area contributed by atoms with E-state index in [2.05, 4.69) is 5.32 Å². The van der Waals surface area contributed by atoms with Crippen LogP contribution in [0.15, 0.2) is 48.5 Å². The van der Waals surface area contributed by atoms with Crippen LogP contribution in [0.3, 0.4) is 0 Å². The van der Waals surface area contributed by atoms with Crippen molar-refractivity contribution in [3.8, 4) is 0 Å². The molecule has 1 unspecified atom stereocenters. The van der Waals surface area contributed by atoms with Crippen LogP contribution in [-0.4, -0.2) is 50.0 Å². The maximum Gasteiger partial charge on any atom is 0.244 e. The molecule has 2 aromatic rings. The smallest absolute Gasteiger partial charge is 0.244 e. The Labute approximate surface area is 209 Å². The molecule has 0 heterocycles. The summed E-state index contributed by atoms with van der Waals surface area (Å²) in [4.78, 5) is 28.3. The molecule has 1 saturated carbocycles. The number of nitrogens with zero attached hydrogens (tertiary/aromatic N) is 2. The highest BCUT2D eigenvalue weighted by molar-refractivity contribution is 7.92. The van der Waals surface area contributed by atoms with Crippen molar-refractivity contribution in [3.05, 3.63) is 65.2 Å². The van der Waals surface area contributed by atoms with Crippen molar-refractivity contribution in [2.45, 2.75) is 71.5 Å². The molecule has 7 nitrogen and oxygen atoms in total. The standard InChI is InChI=1S/C27H37N3O4S/c1-20-15-16-25(21(2)17-20)30(35(4,33)34)19-26(31)29(18-23-11-7-5-8-12-23)22(3)27(32)28-24-13-9-6-10-14-24/h5,7-8,11-12,15-17,22,24H,6,9-10,13-14,18-19H2,1-4H3,(H,28,32). The summed E-state index contributed by atoms with van der Waals surface area (Å²) in [5, 5.41) is 3.11. The minimum atomic E-state index is -3.74. The lowest BCUT2D eigenvalue weighted by molar-refractivity contribution is -0.139. The van der Waals surface area contributed by atoms with E-state index in [0.29, 0.717) is 5.69 Å². The number of hydrogen-bond acceptors (Lipinski definition) is 4. The van der Waals surface area contributed by atoms with Crippen molar-refractivity contribution in [2.24, 2.45) is 0 Å². The van der Waals surface area contributed by atoms with Gasteiger partial charge in [-0.15, -0.1) is 0 Å². The van der Waals surface area contributed by atoms with Crippen LogP contribution >= 0.6 is 0 Å². The van der Waals surface area contributed by atoms with Gasteiger partial charge in [0, 0.05) is 12.6 Å². The third-order valence-electron chi connectivity index (χ3n) is 6.61. The lowest BCUT2D eigenvalue weighted by Crippen LogP contribution is -2.53. The molecule has 0 radical (unpaired) electrons. The first kappa shape index (κ1) is 26.7. The van der Waals surface area contributed by atoms with Crippen LogP contribution in [0.2, 0.25) is 0 Å². The number of rotatable bonds is 9. The van der Waals surface area contributed by atoms with E-state index in [0.717, 1.165) is 52.9 Å². The van der Waals surface area contributed by atoms with E-state index in [1.807, 2.05) is 56.3 Å². The Morgan fingerprint density at radius 2 is 1.69 bits per heavy atom. The molecule has 3 rings (SSSR count). The van der Waals surface area contributed by atoms with Crippen molar-refractivity contribution < 1.29 is 18.0 Å². The number of carbonyl (C=O) groups is 2. The fraction of sp³-hybridized carbons (Fsp3) is 0.481. The second-order valence-corrected chi connectivity index (χ2v) is 11.5. The Hall–Kier alpha value is -2.87. The first-order valence-corrected chi connectivity index (χ1v) is 14.1. The predicted octanol–water partition coefficient (Wildman–Crippen LogP) is 3.94. The third kappa shape index (κ3) is 7.31. The van der Waals surface area contributed by atoms with Gasteiger partial charge in [-0.1, -0.05) is 67.3 Å². The number of nitrogens with one attached hydrogen (secondary N) is 1. The minimum Gasteiger partial charge on any atom is -0.352 e. The van der Waals surface area contributed by atoms with Gasteiger partial charge in [-0.25, -0.2) is 8.42 Å². The number of benzene rings is 2. The molecule has 2 amide bonds. The Balaban J connectivity index is 1.87. The van der Waals surface area contributed by atoms with Gasteiger partial charge in [0.15, 0.2) is 0 Å². The zero-order valence-electron chi connectivity index (χ0n) is 21.2. The summed E-state index contributed by atoms with van der Waals surface area (Å²) in [5.74, 6) is -0.635. The van der Waals surface area contributed by atoms with Crippen molar-refractivity contribution in [1.82, 2.24) is 10.2 Å². The molecular weight excluding hydrogens is 462 g/mol. The number of amides is 2. The number of aryl methyl sites for hydroxylation is 2. The predicted molar refractivity (Wildman–Crippen MR) is 140 cm³/mol. The van der Waals surface area contributed by atoms with Crippen LogP contribution in [0.25, 0.3) is 0 Å². The van der Waals surface area contributed by atoms with Crippen LogP contribution in [0.5, 0.6) is 0 Å². The van der Waals surface area contributed by atoms with Gasteiger partial charge in [0.1, 0.15) is 12.6 Å². The van der Waals surface area contributed by atoms with E-state index < -0.39 is 22.0 Å². The Bertz CT molecular complexity index is 1130. The zero-order chi connectivity index (χ0) is 25.6. The van der Waals surface area contributed by atoms with E-state index in [9.17, 15) is 18.0 Å². The molecule has 1 aliphatic rings. The second kappa shape index (κ2) is 11.7. The molecule has 0 aliphatic heterocycles. The number of carbonyl (C=O) groups excluding carboxylic acids is 2. The van der Waals surface area contributed by atoms with Crippen LogP contribution in [-0.2, 0) is 26.2 Å². The molecule has 0 bridgehead atoms. The topological polar surface area (TPSA) is 86.8 Å². The second-order valence-electron chi connectivity index (χ2n) is 9.59. The molecule has 1 N–H and O–H groups in total. The van der Waals surface area contributed by atoms with E-state index in [1.165, 1.54) is 11.3 Å². The van der Waals surface area contributed by atoms with E-state index in [-0.39, 0.29) is 25.0 Å². The van der Waals surface area contributed by atoms with E-state index in [1.54, 1.807) is 13.0 Å². The van der Waals surface area contributed by atoms with Gasteiger partial charge < -0.3 is 10.2 Å². The highest BCUT2D eigenvalue weighted by Gasteiger charge is 2.31. The fourth-order valence-corrected chi connectivity index (χ4v) is 5.52. The largest absolute Gasteiger partial charge is 0.352 e. The highest BCUT2D eigenvalue weighted by atomic mass is 32.2. The average molecular weight is 500 g/mol. The molecule has 8 heteroatoms. The monoisotopic (exact) mass is 499 g/mol. The molecule has 2 aromatic carbocycles. The van der Waals surface area contributed by atoms with Crippen LogP contribution in [0, 0.1) is 13.8 Å². The zero-order valence-corrected chi connectivity index (χ0v) is 22.0. The molecule has 0 saturated heterocycles. The van der Waals surface area contributed by atoms with Gasteiger partial charge in [0.25, 0.3) is 0 Å². The van der Waals surface area contributed by atoms with Crippen LogP contribution in [0.4, 0.5) is 5.69 Å². The number of hydrogen-bond donors (Lipinski definition) is 1. The lowest BCUT2D eigenvalue weighted by Gasteiger charge is -2.33. The molecule has 0 spiro atoms. The van der Waals surface area contributed by atoms with Crippen LogP contribution < -0.4 is 9.62 Å². The molecule has 1 aliphatic carbocycles. The van der Waals surface area contributed by atoms with Crippen molar-refractivity contribution in [3.63, 3.8) is 0 Å². The van der Waals surface area contributed by atoms with Crippen LogP contribution in [0.1, 0.15) is 55.7 Å². The number of anilines is 1. The normalized spacial score (nSPS) is 15.3. The Morgan fingerprint density at radius 1 is 1.03 bits per heavy atom. The molecule has 35 heavy (non-hydrogen) atoms. The SMILES string of the molecule is Cc1ccc(N(CC(=O)N(Cc2ccccc2)C(C)C(=O)NC2CCCCC2)S(C)(=O)=O)c(C)c1. The van der Waals surface area contributed by atoms with Gasteiger partial charge in [-0.05, 0) is 50.8 Å².